The van der Waals surface area contributed by atoms with Crippen molar-refractivity contribution in [1.29, 1.82) is 5.26 Å². The van der Waals surface area contributed by atoms with Crippen LogP contribution in [0.2, 0.25) is 0 Å². The number of aryl methyl sites for hydroxylation is 1. The molecular weight excluding hydrogens is 381 g/mol. The minimum atomic E-state index is -4.45. The molecule has 3 aromatic rings. The van der Waals surface area contributed by atoms with Gasteiger partial charge in [-0.2, -0.15) is 18.4 Å². The summed E-state index contributed by atoms with van der Waals surface area (Å²) in [5.74, 6) is -0.630. The lowest BCUT2D eigenvalue weighted by molar-refractivity contribution is -0.137. The second-order valence-electron chi connectivity index (χ2n) is 6.73. The Morgan fingerprint density at radius 2 is 1.76 bits per heavy atom. The van der Waals surface area contributed by atoms with Gasteiger partial charge in [0.05, 0.1) is 22.7 Å². The summed E-state index contributed by atoms with van der Waals surface area (Å²) in [6, 6.07) is 14.3. The zero-order chi connectivity index (χ0) is 20.8. The van der Waals surface area contributed by atoms with Crippen LogP contribution in [0.15, 0.2) is 60.0 Å². The zero-order valence-corrected chi connectivity index (χ0v) is 15.2. The minimum Gasteiger partial charge on any atom is -0.420 e. The maximum absolute atomic E-state index is 13.0. The van der Waals surface area contributed by atoms with E-state index in [1.165, 1.54) is 12.1 Å². The van der Waals surface area contributed by atoms with Gasteiger partial charge >= 0.3 is 6.18 Å². The van der Waals surface area contributed by atoms with Gasteiger partial charge < -0.3 is 10.5 Å². The van der Waals surface area contributed by atoms with Crippen molar-refractivity contribution in [3.63, 3.8) is 0 Å². The van der Waals surface area contributed by atoms with Crippen LogP contribution in [0, 0.1) is 18.3 Å². The molecule has 1 aromatic heterocycles. The number of alkyl halides is 3. The second-order valence-corrected chi connectivity index (χ2v) is 6.73. The molecule has 3 N–H and O–H groups in total. The highest BCUT2D eigenvalue weighted by molar-refractivity contribution is 5.71. The van der Waals surface area contributed by atoms with E-state index in [1.54, 1.807) is 0 Å². The maximum atomic E-state index is 13.0. The van der Waals surface area contributed by atoms with E-state index in [9.17, 15) is 18.4 Å². The molecule has 0 fully saturated rings. The van der Waals surface area contributed by atoms with Gasteiger partial charge in [-0.05, 0) is 24.6 Å². The van der Waals surface area contributed by atoms with Gasteiger partial charge in [0.2, 0.25) is 11.8 Å². The molecule has 0 saturated carbocycles. The first-order valence-electron chi connectivity index (χ1n) is 8.69. The van der Waals surface area contributed by atoms with Crippen LogP contribution in [-0.2, 0) is 6.18 Å². The molecule has 2 aromatic carbocycles. The molecule has 5 nitrogen and oxygen atoms in total. The van der Waals surface area contributed by atoms with Crippen LogP contribution in [0.5, 0.6) is 5.88 Å². The van der Waals surface area contributed by atoms with Crippen molar-refractivity contribution in [3.05, 3.63) is 82.2 Å². The first-order valence-corrected chi connectivity index (χ1v) is 8.69. The fourth-order valence-electron chi connectivity index (χ4n) is 3.38. The third-order valence-electron chi connectivity index (χ3n) is 4.85. The molecule has 0 spiro atoms. The number of nitrogens with one attached hydrogen (secondary N) is 1. The number of halogens is 3. The molecule has 1 atom stereocenters. The SMILES string of the molecule is Cc1ccc(-c2[nH]nc3c2[C@H](c2ccc(C(F)(F)F)cc2)C(C#N)=C(N)O3)cc1. The predicted octanol–water partition coefficient (Wildman–Crippen LogP) is 4.62. The fourth-order valence-corrected chi connectivity index (χ4v) is 3.38. The maximum Gasteiger partial charge on any atom is 0.416 e. The van der Waals surface area contributed by atoms with Crippen molar-refractivity contribution in [3.8, 4) is 23.2 Å². The molecule has 0 unspecified atom stereocenters. The van der Waals surface area contributed by atoms with Gasteiger partial charge in [0.15, 0.2) is 0 Å². The van der Waals surface area contributed by atoms with Crippen molar-refractivity contribution in [1.82, 2.24) is 10.2 Å². The first-order chi connectivity index (χ1) is 13.8. The lowest BCUT2D eigenvalue weighted by Gasteiger charge is -2.24. The number of aromatic nitrogens is 2. The standard InChI is InChI=1S/C21H15F3N4O/c1-11-2-4-13(5-3-11)18-17-16(12-6-8-14(9-7-12)21(22,23)24)15(10-25)19(26)29-20(17)28-27-18/h2-9,16H,26H2,1H3,(H,27,28)/t16-/m1/s1. The normalized spacial score (nSPS) is 16.2. The van der Waals surface area contributed by atoms with E-state index in [0.717, 1.165) is 23.3 Å². The fraction of sp³-hybridized carbons (Fsp3) is 0.143. The smallest absolute Gasteiger partial charge is 0.416 e. The number of H-pyrrole nitrogens is 1. The molecule has 0 radical (unpaired) electrons. The Hall–Kier alpha value is -3.73. The molecule has 1 aliphatic heterocycles. The zero-order valence-electron chi connectivity index (χ0n) is 15.2. The Balaban J connectivity index is 1.88. The highest BCUT2D eigenvalue weighted by Crippen LogP contribution is 2.46. The van der Waals surface area contributed by atoms with E-state index in [2.05, 4.69) is 10.2 Å². The number of hydrogen-bond acceptors (Lipinski definition) is 4. The third-order valence-corrected chi connectivity index (χ3v) is 4.85. The van der Waals surface area contributed by atoms with Crippen LogP contribution in [0.4, 0.5) is 13.2 Å². The van der Waals surface area contributed by atoms with Gasteiger partial charge in [-0.1, -0.05) is 42.0 Å². The van der Waals surface area contributed by atoms with Gasteiger partial charge in [-0.25, -0.2) is 0 Å². The van der Waals surface area contributed by atoms with Gasteiger partial charge in [-0.15, -0.1) is 5.10 Å². The van der Waals surface area contributed by atoms with E-state index < -0.39 is 17.7 Å². The van der Waals surface area contributed by atoms with E-state index in [-0.39, 0.29) is 17.3 Å². The number of ether oxygens (including phenoxy) is 1. The second kappa shape index (κ2) is 6.71. The topological polar surface area (TPSA) is 87.7 Å². The highest BCUT2D eigenvalue weighted by Gasteiger charge is 2.36. The lowest BCUT2D eigenvalue weighted by Crippen LogP contribution is -2.21. The number of benzene rings is 2. The number of nitrogens with zero attached hydrogens (tertiary/aromatic N) is 2. The Labute approximate surface area is 164 Å². The molecule has 0 bridgehead atoms. The molecule has 0 amide bonds. The van der Waals surface area contributed by atoms with Gasteiger partial charge in [-0.3, -0.25) is 5.10 Å². The predicted molar refractivity (Wildman–Crippen MR) is 99.5 cm³/mol. The van der Waals surface area contributed by atoms with Gasteiger partial charge in [0.25, 0.3) is 0 Å². The number of nitriles is 1. The number of rotatable bonds is 2. The summed E-state index contributed by atoms with van der Waals surface area (Å²) in [5, 5.41) is 16.7. The molecular formula is C21H15F3N4O. The summed E-state index contributed by atoms with van der Waals surface area (Å²) in [4.78, 5) is 0. The molecule has 2 heterocycles. The average molecular weight is 396 g/mol. The summed E-state index contributed by atoms with van der Waals surface area (Å²) in [5.41, 5.74) is 8.78. The van der Waals surface area contributed by atoms with Crippen LogP contribution in [-0.4, -0.2) is 10.2 Å². The molecule has 29 heavy (non-hydrogen) atoms. The lowest BCUT2D eigenvalue weighted by atomic mass is 9.82. The van der Waals surface area contributed by atoms with Crippen molar-refractivity contribution in [2.24, 2.45) is 5.73 Å². The number of allylic oxidation sites excluding steroid dienone is 1. The van der Waals surface area contributed by atoms with Crippen LogP contribution >= 0.6 is 0 Å². The van der Waals surface area contributed by atoms with Crippen LogP contribution in [0.25, 0.3) is 11.3 Å². The van der Waals surface area contributed by atoms with Crippen LogP contribution in [0.1, 0.15) is 28.2 Å². The number of aromatic amines is 1. The Morgan fingerprint density at radius 3 is 2.34 bits per heavy atom. The summed E-state index contributed by atoms with van der Waals surface area (Å²) in [7, 11) is 0. The molecule has 4 rings (SSSR count). The van der Waals surface area contributed by atoms with E-state index in [0.29, 0.717) is 16.8 Å². The van der Waals surface area contributed by atoms with Crippen LogP contribution in [0.3, 0.4) is 0 Å². The quantitative estimate of drug-likeness (QED) is 0.662. The van der Waals surface area contributed by atoms with Gasteiger partial charge in [0.1, 0.15) is 11.6 Å². The molecule has 0 saturated heterocycles. The Kier molecular flexibility index (Phi) is 4.31. The highest BCUT2D eigenvalue weighted by atomic mass is 19.4. The average Bonchev–Trinajstić information content (AvgIpc) is 3.10. The number of hydrogen-bond donors (Lipinski definition) is 2. The van der Waals surface area contributed by atoms with Crippen molar-refractivity contribution < 1.29 is 17.9 Å². The molecule has 0 aliphatic carbocycles. The van der Waals surface area contributed by atoms with Crippen molar-refractivity contribution in [2.45, 2.75) is 19.0 Å². The van der Waals surface area contributed by atoms with E-state index in [4.69, 9.17) is 10.5 Å². The largest absolute Gasteiger partial charge is 0.420 e. The monoisotopic (exact) mass is 396 g/mol. The number of fused-ring (bicyclic) bond motifs is 1. The first kappa shape index (κ1) is 18.6. The minimum absolute atomic E-state index is 0.118. The summed E-state index contributed by atoms with van der Waals surface area (Å²) in [6.45, 7) is 1.96. The van der Waals surface area contributed by atoms with E-state index >= 15 is 0 Å². The Bertz CT molecular complexity index is 1140. The Morgan fingerprint density at radius 1 is 1.10 bits per heavy atom. The molecule has 8 heteroatoms. The summed E-state index contributed by atoms with van der Waals surface area (Å²) >= 11 is 0. The van der Waals surface area contributed by atoms with E-state index in [1.807, 2.05) is 37.3 Å². The van der Waals surface area contributed by atoms with Crippen LogP contribution < -0.4 is 10.5 Å². The summed E-state index contributed by atoms with van der Waals surface area (Å²) < 4.78 is 44.4. The molecule has 146 valence electrons. The van der Waals surface area contributed by atoms with Crippen molar-refractivity contribution in [2.75, 3.05) is 0 Å². The summed E-state index contributed by atoms with van der Waals surface area (Å²) in [6.07, 6.45) is -4.45. The van der Waals surface area contributed by atoms with Crippen molar-refractivity contribution >= 4 is 0 Å². The third kappa shape index (κ3) is 3.21. The molecule has 1 aliphatic rings. The van der Waals surface area contributed by atoms with Gasteiger partial charge in [0, 0.05) is 5.56 Å². The number of nitrogens with two attached hydrogens (primary N) is 1.